The molecular weight excluding hydrogens is 597 g/mol. The SMILES string of the molecule is C=CC1CN2CCC1CC2C(OC)(c1cn(C2CC(n3cc(F)c(=O)[nH]c3=O)OC2CO)nn1)c1ccnc2c(OC)cccc12. The fourth-order valence-corrected chi connectivity index (χ4v) is 7.85. The smallest absolute Gasteiger partial charge is 0.330 e. The number of hydrogen-bond acceptors (Lipinski definition) is 10. The van der Waals surface area contributed by atoms with Crippen molar-refractivity contribution < 1.29 is 23.7 Å². The van der Waals surface area contributed by atoms with Gasteiger partial charge in [-0.15, -0.1) is 11.7 Å². The van der Waals surface area contributed by atoms with Gasteiger partial charge in [0.2, 0.25) is 5.82 Å². The first-order chi connectivity index (χ1) is 22.3. The van der Waals surface area contributed by atoms with Crippen molar-refractivity contribution >= 4 is 10.9 Å². The number of aromatic amines is 1. The van der Waals surface area contributed by atoms with Crippen molar-refractivity contribution in [3.05, 3.63) is 93.4 Å². The van der Waals surface area contributed by atoms with Gasteiger partial charge in [0.1, 0.15) is 29.3 Å². The second-order valence-electron chi connectivity index (χ2n) is 12.2. The summed E-state index contributed by atoms with van der Waals surface area (Å²) < 4.78 is 35.0. The maximum atomic E-state index is 14.1. The van der Waals surface area contributed by atoms with E-state index in [0.29, 0.717) is 28.8 Å². The number of aliphatic hydroxyl groups excluding tert-OH is 1. The first kappa shape index (κ1) is 30.4. The van der Waals surface area contributed by atoms with Gasteiger partial charge in [-0.1, -0.05) is 23.4 Å². The maximum Gasteiger partial charge on any atom is 0.330 e. The minimum absolute atomic E-state index is 0.0988. The molecule has 242 valence electrons. The maximum absolute atomic E-state index is 14.1. The molecule has 4 aliphatic heterocycles. The van der Waals surface area contributed by atoms with Crippen LogP contribution in [0.5, 0.6) is 5.75 Å². The molecule has 0 amide bonds. The number of halogens is 1. The van der Waals surface area contributed by atoms with Crippen LogP contribution in [0.25, 0.3) is 10.9 Å². The lowest BCUT2D eigenvalue weighted by molar-refractivity contribution is -0.108. The lowest BCUT2D eigenvalue weighted by Crippen LogP contribution is -2.61. The summed E-state index contributed by atoms with van der Waals surface area (Å²) in [6.45, 7) is 5.46. The molecule has 7 heterocycles. The predicted octanol–water partition coefficient (Wildman–Crippen LogP) is 2.13. The number of ether oxygens (including phenoxy) is 3. The van der Waals surface area contributed by atoms with Gasteiger partial charge in [-0.2, -0.15) is 4.39 Å². The number of methoxy groups -OCH3 is 2. The zero-order valence-electron chi connectivity index (χ0n) is 25.6. The van der Waals surface area contributed by atoms with Crippen molar-refractivity contribution in [2.75, 3.05) is 33.9 Å². The summed E-state index contributed by atoms with van der Waals surface area (Å²) in [6.07, 6.45) is 6.76. The van der Waals surface area contributed by atoms with Gasteiger partial charge in [0.15, 0.2) is 5.60 Å². The zero-order valence-corrected chi connectivity index (χ0v) is 25.6. The van der Waals surface area contributed by atoms with E-state index < -0.39 is 41.0 Å². The van der Waals surface area contributed by atoms with Crippen LogP contribution < -0.4 is 16.0 Å². The number of benzene rings is 1. The summed E-state index contributed by atoms with van der Waals surface area (Å²) in [6, 6.07) is 7.10. The van der Waals surface area contributed by atoms with Crippen LogP contribution in [0.15, 0.2) is 65.1 Å². The molecule has 0 saturated carbocycles. The fraction of sp³-hybridized carbons (Fsp3) is 0.469. The van der Waals surface area contributed by atoms with E-state index in [1.165, 1.54) is 0 Å². The molecule has 14 heteroatoms. The number of fused-ring (bicyclic) bond motifs is 4. The Bertz CT molecular complexity index is 1890. The number of nitrogens with one attached hydrogen (secondary N) is 1. The van der Waals surface area contributed by atoms with E-state index in [9.17, 15) is 19.1 Å². The van der Waals surface area contributed by atoms with Gasteiger partial charge in [-0.25, -0.2) is 9.48 Å². The summed E-state index contributed by atoms with van der Waals surface area (Å²) >= 11 is 0. The Balaban J connectivity index is 1.34. The highest BCUT2D eigenvalue weighted by Crippen LogP contribution is 2.49. The average Bonchev–Trinajstić information content (AvgIpc) is 3.75. The van der Waals surface area contributed by atoms with Gasteiger partial charge < -0.3 is 19.3 Å². The van der Waals surface area contributed by atoms with Crippen LogP contribution in [0.1, 0.15) is 42.8 Å². The Kier molecular flexibility index (Phi) is 7.83. The molecule has 4 fully saturated rings. The molecule has 4 saturated heterocycles. The molecule has 8 rings (SSSR count). The third-order valence-corrected chi connectivity index (χ3v) is 10.1. The number of rotatable bonds is 9. The standard InChI is InChI=1S/C32H36FN7O6/c1-4-18-14-38-11-9-19(18)12-27(38)32(45-3,21-8-10-34-29-20(21)6-5-7-24(29)44-2)26-16-40(37-36-26)23-13-28(46-25(23)17-41)39-15-22(33)30(42)35-31(39)43/h4-8,10,15-16,18-19,23,25,27-28,41H,1,9,11-14,17H2,2-3H3,(H,35,42,43). The third kappa shape index (κ3) is 4.70. The van der Waals surface area contributed by atoms with Crippen LogP contribution in [-0.4, -0.2) is 85.6 Å². The molecule has 3 aromatic heterocycles. The highest BCUT2D eigenvalue weighted by Gasteiger charge is 2.54. The lowest BCUT2D eigenvalue weighted by atomic mass is 9.68. The van der Waals surface area contributed by atoms with Crippen LogP contribution >= 0.6 is 0 Å². The summed E-state index contributed by atoms with van der Waals surface area (Å²) in [7, 11) is 3.30. The Labute approximate surface area is 263 Å². The normalized spacial score (nSPS) is 28.7. The summed E-state index contributed by atoms with van der Waals surface area (Å²) in [4.78, 5) is 33.2. The van der Waals surface area contributed by atoms with Crippen molar-refractivity contribution in [1.29, 1.82) is 0 Å². The Morgan fingerprint density at radius 2 is 2.09 bits per heavy atom. The molecule has 1 aromatic carbocycles. The molecule has 46 heavy (non-hydrogen) atoms. The van der Waals surface area contributed by atoms with Crippen LogP contribution in [0, 0.1) is 17.7 Å². The number of nitrogens with zero attached hydrogens (tertiary/aromatic N) is 6. The van der Waals surface area contributed by atoms with E-state index in [-0.39, 0.29) is 19.1 Å². The number of pyridine rings is 1. The number of hydrogen-bond donors (Lipinski definition) is 2. The zero-order chi connectivity index (χ0) is 32.2. The molecule has 4 aliphatic rings. The number of para-hydroxylation sites is 1. The van der Waals surface area contributed by atoms with E-state index in [2.05, 4.69) is 27.8 Å². The number of piperidine rings is 3. The van der Waals surface area contributed by atoms with E-state index >= 15 is 0 Å². The van der Waals surface area contributed by atoms with E-state index in [4.69, 9.17) is 19.3 Å². The van der Waals surface area contributed by atoms with Gasteiger partial charge in [-0.05, 0) is 43.4 Å². The molecule has 0 spiro atoms. The second-order valence-corrected chi connectivity index (χ2v) is 12.2. The fourth-order valence-electron chi connectivity index (χ4n) is 7.85. The van der Waals surface area contributed by atoms with Crippen LogP contribution in [0.4, 0.5) is 4.39 Å². The van der Waals surface area contributed by atoms with Gasteiger partial charge >= 0.3 is 5.69 Å². The molecule has 2 bridgehead atoms. The van der Waals surface area contributed by atoms with Crippen LogP contribution in [0.2, 0.25) is 0 Å². The average molecular weight is 634 g/mol. The number of H-pyrrole nitrogens is 1. The molecule has 4 aromatic rings. The summed E-state index contributed by atoms with van der Waals surface area (Å²) in [5.74, 6) is 0.331. The molecule has 0 radical (unpaired) electrons. The minimum atomic E-state index is -1.11. The molecule has 2 N–H and O–H groups in total. The van der Waals surface area contributed by atoms with E-state index in [1.807, 2.05) is 29.2 Å². The van der Waals surface area contributed by atoms with Crippen molar-refractivity contribution in [1.82, 2.24) is 34.4 Å². The highest BCUT2D eigenvalue weighted by molar-refractivity contribution is 5.88. The molecule has 8 atom stereocenters. The van der Waals surface area contributed by atoms with Crippen LogP contribution in [0.3, 0.4) is 0 Å². The number of aliphatic hydroxyl groups is 1. The van der Waals surface area contributed by atoms with E-state index in [1.54, 1.807) is 31.3 Å². The van der Waals surface area contributed by atoms with Crippen molar-refractivity contribution in [3.63, 3.8) is 0 Å². The topological polar surface area (TPSA) is 150 Å². The highest BCUT2D eigenvalue weighted by atomic mass is 19.1. The monoisotopic (exact) mass is 633 g/mol. The first-order valence-electron chi connectivity index (χ1n) is 15.4. The largest absolute Gasteiger partial charge is 0.494 e. The predicted molar refractivity (Wildman–Crippen MR) is 164 cm³/mol. The minimum Gasteiger partial charge on any atom is -0.494 e. The van der Waals surface area contributed by atoms with Crippen LogP contribution in [-0.2, 0) is 15.1 Å². The van der Waals surface area contributed by atoms with Crippen molar-refractivity contribution in [2.45, 2.75) is 49.3 Å². The lowest BCUT2D eigenvalue weighted by Gasteiger charge is -2.55. The first-order valence-corrected chi connectivity index (χ1v) is 15.4. The van der Waals surface area contributed by atoms with Gasteiger partial charge in [-0.3, -0.25) is 24.2 Å². The summed E-state index contributed by atoms with van der Waals surface area (Å²) in [5, 5.41) is 20.3. The Morgan fingerprint density at radius 3 is 2.80 bits per heavy atom. The Hall–Kier alpha value is -4.24. The molecule has 0 aliphatic carbocycles. The number of aromatic nitrogens is 6. The van der Waals surface area contributed by atoms with Gasteiger partial charge in [0.25, 0.3) is 5.56 Å². The quantitative estimate of drug-likeness (QED) is 0.263. The summed E-state index contributed by atoms with van der Waals surface area (Å²) in [5.41, 5.74) is -0.881. The van der Waals surface area contributed by atoms with Crippen molar-refractivity contribution in [3.8, 4) is 5.75 Å². The van der Waals surface area contributed by atoms with Crippen molar-refractivity contribution in [2.24, 2.45) is 11.8 Å². The second kappa shape index (κ2) is 11.8. The third-order valence-electron chi connectivity index (χ3n) is 10.1. The molecular formula is C32H36FN7O6. The molecule has 8 unspecified atom stereocenters. The van der Waals surface area contributed by atoms with E-state index in [0.717, 1.165) is 47.6 Å². The molecule has 13 nitrogen and oxygen atoms in total. The van der Waals surface area contributed by atoms with Gasteiger partial charge in [0, 0.05) is 43.3 Å². The van der Waals surface area contributed by atoms with Gasteiger partial charge in [0.05, 0.1) is 32.2 Å². The Morgan fingerprint density at radius 1 is 1.24 bits per heavy atom.